The molecular formula is C25H54N+. The van der Waals surface area contributed by atoms with E-state index in [0.29, 0.717) is 11.5 Å². The Labute approximate surface area is 167 Å². The molecule has 0 radical (unpaired) electrons. The highest BCUT2D eigenvalue weighted by Crippen LogP contribution is 2.28. The smallest absolute Gasteiger partial charge is 0.0895 e. The molecule has 0 aromatic carbocycles. The molecule has 0 aromatic heterocycles. The van der Waals surface area contributed by atoms with Gasteiger partial charge in [0.25, 0.3) is 0 Å². The van der Waals surface area contributed by atoms with Crippen molar-refractivity contribution in [3.63, 3.8) is 0 Å². The lowest BCUT2D eigenvalue weighted by molar-refractivity contribution is -0.447. The van der Waals surface area contributed by atoms with E-state index in [0.717, 1.165) is 0 Å². The molecule has 158 valence electrons. The molecule has 0 amide bonds. The van der Waals surface area contributed by atoms with E-state index in [1.807, 2.05) is 0 Å². The normalized spacial score (nSPS) is 13.3. The van der Waals surface area contributed by atoms with Crippen molar-refractivity contribution >= 4 is 0 Å². The summed E-state index contributed by atoms with van der Waals surface area (Å²) in [6.07, 6.45) is 27.1. The number of hydrogen-bond acceptors (Lipinski definition) is 0. The molecule has 0 aliphatic rings. The molecule has 0 spiro atoms. The molecule has 1 nitrogen and oxygen atoms in total. The summed E-state index contributed by atoms with van der Waals surface area (Å²) in [5, 5.41) is 0. The van der Waals surface area contributed by atoms with Crippen LogP contribution in [0.1, 0.15) is 150 Å². The minimum atomic E-state index is 0.437. The van der Waals surface area contributed by atoms with E-state index in [-0.39, 0.29) is 0 Å². The van der Waals surface area contributed by atoms with Gasteiger partial charge in [0, 0.05) is 5.41 Å². The van der Waals surface area contributed by atoms with Crippen LogP contribution < -0.4 is 5.73 Å². The first-order valence-corrected chi connectivity index (χ1v) is 12.4. The zero-order valence-electron chi connectivity index (χ0n) is 19.2. The van der Waals surface area contributed by atoms with Gasteiger partial charge in [0.05, 0.1) is 6.04 Å². The molecule has 0 aromatic rings. The zero-order valence-corrected chi connectivity index (χ0v) is 19.2. The van der Waals surface area contributed by atoms with Gasteiger partial charge in [-0.1, -0.05) is 130 Å². The molecule has 0 saturated heterocycles. The Kier molecular flexibility index (Phi) is 18.3. The zero-order chi connectivity index (χ0) is 19.5. The molecular weight excluding hydrogens is 314 g/mol. The second kappa shape index (κ2) is 18.3. The van der Waals surface area contributed by atoms with Crippen LogP contribution in [0.4, 0.5) is 0 Å². The molecule has 3 N–H and O–H groups in total. The van der Waals surface area contributed by atoms with Crippen LogP contribution in [0, 0.1) is 5.41 Å². The fourth-order valence-corrected chi connectivity index (χ4v) is 3.99. The van der Waals surface area contributed by atoms with Gasteiger partial charge in [-0.15, -0.1) is 0 Å². The number of hydrogen-bond donors (Lipinski definition) is 1. The molecule has 1 heteroatoms. The van der Waals surface area contributed by atoms with Crippen LogP contribution in [-0.4, -0.2) is 6.04 Å². The van der Waals surface area contributed by atoms with E-state index >= 15 is 0 Å². The van der Waals surface area contributed by atoms with Gasteiger partial charge in [-0.25, -0.2) is 0 Å². The summed E-state index contributed by atoms with van der Waals surface area (Å²) in [7, 11) is 0. The number of unbranched alkanes of at least 4 members (excludes halogenated alkanes) is 15. The highest BCUT2D eigenvalue weighted by molar-refractivity contribution is 4.76. The second-order valence-corrected chi connectivity index (χ2v) is 9.53. The largest absolute Gasteiger partial charge is 0.355 e. The van der Waals surface area contributed by atoms with E-state index in [9.17, 15) is 0 Å². The van der Waals surface area contributed by atoms with Gasteiger partial charge in [-0.2, -0.15) is 0 Å². The Bertz CT molecular complexity index is 271. The van der Waals surface area contributed by atoms with Crippen molar-refractivity contribution in [2.24, 2.45) is 5.41 Å². The van der Waals surface area contributed by atoms with Gasteiger partial charge >= 0.3 is 0 Å². The van der Waals surface area contributed by atoms with Crippen molar-refractivity contribution in [2.45, 2.75) is 156 Å². The topological polar surface area (TPSA) is 27.6 Å². The minimum absolute atomic E-state index is 0.437. The van der Waals surface area contributed by atoms with Gasteiger partial charge in [0.2, 0.25) is 0 Å². The maximum Gasteiger partial charge on any atom is 0.0895 e. The van der Waals surface area contributed by atoms with Gasteiger partial charge in [-0.3, -0.25) is 0 Å². The summed E-state index contributed by atoms with van der Waals surface area (Å²) < 4.78 is 0. The monoisotopic (exact) mass is 368 g/mol. The predicted octanol–water partition coefficient (Wildman–Crippen LogP) is 8.07. The van der Waals surface area contributed by atoms with Crippen molar-refractivity contribution in [1.82, 2.24) is 0 Å². The average Bonchev–Trinajstić information content (AvgIpc) is 2.63. The van der Waals surface area contributed by atoms with E-state index in [1.165, 1.54) is 122 Å². The van der Waals surface area contributed by atoms with Crippen LogP contribution in [0.3, 0.4) is 0 Å². The maximum absolute atomic E-state index is 4.47. The lowest BCUT2D eigenvalue weighted by Crippen LogP contribution is -2.67. The van der Waals surface area contributed by atoms with Crippen LogP contribution in [0.15, 0.2) is 0 Å². The fourth-order valence-electron chi connectivity index (χ4n) is 3.99. The van der Waals surface area contributed by atoms with Gasteiger partial charge < -0.3 is 5.73 Å². The third-order valence-electron chi connectivity index (χ3n) is 6.44. The summed E-state index contributed by atoms with van der Waals surface area (Å²) in [5.74, 6) is 0. The Morgan fingerprint density at radius 2 is 0.885 bits per heavy atom. The lowest BCUT2D eigenvalue weighted by Gasteiger charge is -2.28. The Morgan fingerprint density at radius 3 is 1.27 bits per heavy atom. The van der Waals surface area contributed by atoms with Crippen molar-refractivity contribution in [1.29, 1.82) is 0 Å². The third-order valence-corrected chi connectivity index (χ3v) is 6.44. The molecule has 26 heavy (non-hydrogen) atoms. The standard InChI is InChI=1S/C25H53N/c1-5-7-9-10-11-12-13-14-15-16-17-18-19-20-21-22-24(26)25(3,4)23-8-6-2/h24H,5-23,26H2,1-4H3/p+1. The van der Waals surface area contributed by atoms with Crippen molar-refractivity contribution in [3.05, 3.63) is 0 Å². The van der Waals surface area contributed by atoms with Crippen LogP contribution in [0.2, 0.25) is 0 Å². The minimum Gasteiger partial charge on any atom is -0.355 e. The van der Waals surface area contributed by atoms with Gasteiger partial charge in [0.15, 0.2) is 0 Å². The molecule has 1 unspecified atom stereocenters. The molecule has 0 saturated carbocycles. The van der Waals surface area contributed by atoms with E-state index in [1.54, 1.807) is 0 Å². The lowest BCUT2D eigenvalue weighted by atomic mass is 9.78. The third kappa shape index (κ3) is 16.2. The molecule has 0 aliphatic carbocycles. The SMILES string of the molecule is CCCCCCCCCCCCCCCCCC([NH3+])C(C)(C)CCCC. The number of quaternary nitrogens is 1. The van der Waals surface area contributed by atoms with Gasteiger partial charge in [0.1, 0.15) is 0 Å². The highest BCUT2D eigenvalue weighted by Gasteiger charge is 2.28. The first-order valence-electron chi connectivity index (χ1n) is 12.4. The molecule has 0 heterocycles. The van der Waals surface area contributed by atoms with E-state index < -0.39 is 0 Å². The first kappa shape index (κ1) is 26.0. The Hall–Kier alpha value is -0.0400. The van der Waals surface area contributed by atoms with Crippen LogP contribution in [-0.2, 0) is 0 Å². The number of rotatable bonds is 20. The summed E-state index contributed by atoms with van der Waals surface area (Å²) in [6.45, 7) is 9.44. The predicted molar refractivity (Wildman–Crippen MR) is 120 cm³/mol. The van der Waals surface area contributed by atoms with Crippen LogP contribution in [0.25, 0.3) is 0 Å². The van der Waals surface area contributed by atoms with E-state index in [2.05, 4.69) is 33.4 Å². The quantitative estimate of drug-likeness (QED) is 0.210. The Morgan fingerprint density at radius 1 is 0.538 bits per heavy atom. The van der Waals surface area contributed by atoms with Crippen LogP contribution in [0.5, 0.6) is 0 Å². The summed E-state index contributed by atoms with van der Waals surface area (Å²) in [4.78, 5) is 0. The van der Waals surface area contributed by atoms with Crippen molar-refractivity contribution < 1.29 is 5.73 Å². The second-order valence-electron chi connectivity index (χ2n) is 9.53. The van der Waals surface area contributed by atoms with Gasteiger partial charge in [-0.05, 0) is 19.3 Å². The molecule has 0 bridgehead atoms. The molecule has 1 atom stereocenters. The summed E-state index contributed by atoms with van der Waals surface area (Å²) in [6, 6.07) is 0.635. The van der Waals surface area contributed by atoms with Crippen molar-refractivity contribution in [2.75, 3.05) is 0 Å². The maximum atomic E-state index is 4.47. The Balaban J connectivity index is 3.28. The average molecular weight is 369 g/mol. The highest BCUT2D eigenvalue weighted by atomic mass is 14.7. The fraction of sp³-hybridized carbons (Fsp3) is 1.00. The van der Waals surface area contributed by atoms with Crippen LogP contribution >= 0.6 is 0 Å². The van der Waals surface area contributed by atoms with Crippen molar-refractivity contribution in [3.8, 4) is 0 Å². The summed E-state index contributed by atoms with van der Waals surface area (Å²) >= 11 is 0. The van der Waals surface area contributed by atoms with E-state index in [4.69, 9.17) is 0 Å². The first-order chi connectivity index (χ1) is 12.5. The molecule has 0 aliphatic heterocycles. The molecule has 0 rings (SSSR count). The summed E-state index contributed by atoms with van der Waals surface area (Å²) in [5.41, 5.74) is 4.90. The molecule has 0 fully saturated rings.